The highest BCUT2D eigenvalue weighted by molar-refractivity contribution is 5.77. The quantitative estimate of drug-likeness (QED) is 0.637. The van der Waals surface area contributed by atoms with Gasteiger partial charge in [-0.05, 0) is 55.8 Å². The van der Waals surface area contributed by atoms with Gasteiger partial charge in [0.25, 0.3) is 0 Å². The fraction of sp³-hybridized carbons (Fsp3) is 0.250. The maximum atomic E-state index is 11.5. The van der Waals surface area contributed by atoms with Gasteiger partial charge >= 0.3 is 5.97 Å². The lowest BCUT2D eigenvalue weighted by Gasteiger charge is -2.08. The van der Waals surface area contributed by atoms with Gasteiger partial charge in [-0.15, -0.1) is 0 Å². The molecule has 0 radical (unpaired) electrons. The monoisotopic (exact) mass is 308 g/mol. The third-order valence-electron chi connectivity index (χ3n) is 3.48. The highest BCUT2D eigenvalue weighted by Gasteiger charge is 2.14. The van der Waals surface area contributed by atoms with Gasteiger partial charge in [-0.25, -0.2) is 0 Å². The Morgan fingerprint density at radius 1 is 1.00 bits per heavy atom. The fourth-order valence-corrected chi connectivity index (χ4v) is 2.11. The molecule has 0 amide bonds. The predicted molar refractivity (Wildman–Crippen MR) is 90.5 cm³/mol. The number of methoxy groups -OCH3 is 1. The van der Waals surface area contributed by atoms with Crippen LogP contribution in [0.4, 0.5) is 0 Å². The predicted octanol–water partition coefficient (Wildman–Crippen LogP) is 3.76. The summed E-state index contributed by atoms with van der Waals surface area (Å²) in [5, 5.41) is 0. The second-order valence-corrected chi connectivity index (χ2v) is 5.07. The van der Waals surface area contributed by atoms with Gasteiger partial charge in [-0.3, -0.25) is 4.79 Å². The Labute approximate surface area is 137 Å². The molecular weight excluding hydrogens is 288 g/mol. The van der Waals surface area contributed by atoms with Crippen LogP contribution in [-0.2, 0) is 9.53 Å². The second kappa shape index (κ2) is 8.05. The van der Waals surface area contributed by atoms with Gasteiger partial charge < -0.3 is 9.47 Å². The average Bonchev–Trinajstić information content (AvgIpc) is 2.60. The third-order valence-corrected chi connectivity index (χ3v) is 3.48. The third kappa shape index (κ3) is 4.62. The topological polar surface area (TPSA) is 35.5 Å². The number of hydrogen-bond acceptors (Lipinski definition) is 3. The van der Waals surface area contributed by atoms with Gasteiger partial charge in [0.15, 0.2) is 0 Å². The van der Waals surface area contributed by atoms with E-state index in [9.17, 15) is 4.79 Å². The molecule has 23 heavy (non-hydrogen) atoms. The molecule has 0 spiro atoms. The zero-order chi connectivity index (χ0) is 16.7. The lowest BCUT2D eigenvalue weighted by Crippen LogP contribution is -2.10. The van der Waals surface area contributed by atoms with Crippen molar-refractivity contribution in [2.75, 3.05) is 13.7 Å². The summed E-state index contributed by atoms with van der Waals surface area (Å²) in [7, 11) is 1.40. The molecule has 3 heteroatoms. The summed E-state index contributed by atoms with van der Waals surface area (Å²) in [6, 6.07) is 15.3. The van der Waals surface area contributed by atoms with Crippen molar-refractivity contribution in [2.24, 2.45) is 0 Å². The maximum absolute atomic E-state index is 11.5. The summed E-state index contributed by atoms with van der Waals surface area (Å²) in [5.41, 5.74) is 2.75. The van der Waals surface area contributed by atoms with E-state index in [2.05, 4.69) is 11.8 Å². The molecule has 1 atom stereocenters. The Morgan fingerprint density at radius 3 is 2.00 bits per heavy atom. The van der Waals surface area contributed by atoms with Crippen LogP contribution < -0.4 is 4.74 Å². The van der Waals surface area contributed by atoms with E-state index in [1.807, 2.05) is 62.4 Å². The normalized spacial score (nSPS) is 11.1. The molecule has 0 saturated heterocycles. The molecule has 0 unspecified atom stereocenters. The van der Waals surface area contributed by atoms with E-state index in [1.54, 1.807) is 0 Å². The summed E-state index contributed by atoms with van der Waals surface area (Å²) in [4.78, 5) is 11.5. The Balaban J connectivity index is 2.08. The number of hydrogen-bond donors (Lipinski definition) is 0. The molecule has 2 aromatic carbocycles. The average molecular weight is 308 g/mol. The molecule has 3 nitrogen and oxygen atoms in total. The second-order valence-electron chi connectivity index (χ2n) is 5.07. The lowest BCUT2D eigenvalue weighted by molar-refractivity contribution is -0.141. The van der Waals surface area contributed by atoms with Gasteiger partial charge in [0, 0.05) is 11.1 Å². The fourth-order valence-electron chi connectivity index (χ4n) is 2.11. The van der Waals surface area contributed by atoms with Crippen LogP contribution in [0.3, 0.4) is 0 Å². The summed E-state index contributed by atoms with van der Waals surface area (Å²) in [6.07, 6.45) is 0. The van der Waals surface area contributed by atoms with Crippen LogP contribution in [-0.4, -0.2) is 19.7 Å². The lowest BCUT2D eigenvalue weighted by atomic mass is 10.00. The Hall–Kier alpha value is -2.73. The summed E-state index contributed by atoms with van der Waals surface area (Å²) < 4.78 is 10.2. The number of ether oxygens (including phenoxy) is 2. The minimum absolute atomic E-state index is 0.238. The SMILES string of the molecule is CCOc1ccc(C#Cc2ccc([C@@H](C)C(=O)OC)cc2)cc1. The summed E-state index contributed by atoms with van der Waals surface area (Å²) in [6.45, 7) is 4.44. The first kappa shape index (κ1) is 16.6. The largest absolute Gasteiger partial charge is 0.494 e. The van der Waals surface area contributed by atoms with E-state index in [-0.39, 0.29) is 11.9 Å². The summed E-state index contributed by atoms with van der Waals surface area (Å²) in [5.74, 6) is 6.57. The Bertz CT molecular complexity index is 703. The van der Waals surface area contributed by atoms with Gasteiger partial charge in [-0.2, -0.15) is 0 Å². The number of rotatable bonds is 4. The van der Waals surface area contributed by atoms with Gasteiger partial charge in [0.1, 0.15) is 5.75 Å². The van der Waals surface area contributed by atoms with Crippen molar-refractivity contribution in [1.82, 2.24) is 0 Å². The molecule has 0 saturated carbocycles. The highest BCUT2D eigenvalue weighted by Crippen LogP contribution is 2.17. The molecular formula is C20H20O3. The van der Waals surface area contributed by atoms with Gasteiger partial charge in [-0.1, -0.05) is 24.0 Å². The van der Waals surface area contributed by atoms with Crippen molar-refractivity contribution >= 4 is 5.97 Å². The standard InChI is InChI=1S/C20H20O3/c1-4-23-19-13-9-17(10-14-19)6-5-16-7-11-18(12-8-16)15(2)20(21)22-3/h7-15H,4H2,1-3H3/t15-/m1/s1. The van der Waals surface area contributed by atoms with Crippen LogP contribution >= 0.6 is 0 Å². The van der Waals surface area contributed by atoms with E-state index in [0.717, 1.165) is 22.4 Å². The zero-order valence-corrected chi connectivity index (χ0v) is 13.6. The first-order chi connectivity index (χ1) is 11.1. The molecule has 0 N–H and O–H groups in total. The van der Waals surface area contributed by atoms with Crippen molar-refractivity contribution < 1.29 is 14.3 Å². The molecule has 0 aliphatic carbocycles. The van der Waals surface area contributed by atoms with Crippen molar-refractivity contribution in [3.63, 3.8) is 0 Å². The van der Waals surface area contributed by atoms with E-state index < -0.39 is 0 Å². The first-order valence-corrected chi connectivity index (χ1v) is 7.56. The molecule has 118 valence electrons. The van der Waals surface area contributed by atoms with Crippen molar-refractivity contribution in [3.8, 4) is 17.6 Å². The molecule has 0 heterocycles. The van der Waals surface area contributed by atoms with Crippen molar-refractivity contribution in [2.45, 2.75) is 19.8 Å². The number of benzene rings is 2. The first-order valence-electron chi connectivity index (χ1n) is 7.56. The van der Waals surface area contributed by atoms with Gasteiger partial charge in [0.05, 0.1) is 19.6 Å². The zero-order valence-electron chi connectivity index (χ0n) is 13.6. The Morgan fingerprint density at radius 2 is 1.52 bits per heavy atom. The number of esters is 1. The van der Waals surface area contributed by atoms with E-state index >= 15 is 0 Å². The van der Waals surface area contributed by atoms with Crippen LogP contribution in [0.1, 0.15) is 36.5 Å². The van der Waals surface area contributed by atoms with E-state index in [4.69, 9.17) is 9.47 Å². The van der Waals surface area contributed by atoms with Crippen molar-refractivity contribution in [3.05, 3.63) is 65.2 Å². The van der Waals surface area contributed by atoms with Crippen LogP contribution in [0, 0.1) is 11.8 Å². The van der Waals surface area contributed by atoms with Crippen LogP contribution in [0.15, 0.2) is 48.5 Å². The van der Waals surface area contributed by atoms with Crippen LogP contribution in [0.25, 0.3) is 0 Å². The van der Waals surface area contributed by atoms with E-state index in [1.165, 1.54) is 7.11 Å². The van der Waals surface area contributed by atoms with Crippen LogP contribution in [0.2, 0.25) is 0 Å². The van der Waals surface area contributed by atoms with Crippen LogP contribution in [0.5, 0.6) is 5.75 Å². The molecule has 0 aliphatic rings. The number of carbonyl (C=O) groups is 1. The summed E-state index contributed by atoms with van der Waals surface area (Å²) >= 11 is 0. The molecule has 2 rings (SSSR count). The Kier molecular flexibility index (Phi) is 5.82. The number of carbonyl (C=O) groups excluding carboxylic acids is 1. The van der Waals surface area contributed by atoms with E-state index in [0.29, 0.717) is 6.61 Å². The highest BCUT2D eigenvalue weighted by atomic mass is 16.5. The smallest absolute Gasteiger partial charge is 0.312 e. The maximum Gasteiger partial charge on any atom is 0.312 e. The molecule has 0 bridgehead atoms. The van der Waals surface area contributed by atoms with Crippen molar-refractivity contribution in [1.29, 1.82) is 0 Å². The molecule has 2 aromatic rings. The minimum atomic E-state index is -0.270. The molecule has 0 aromatic heterocycles. The van der Waals surface area contributed by atoms with Gasteiger partial charge in [0.2, 0.25) is 0 Å². The minimum Gasteiger partial charge on any atom is -0.494 e. The molecule has 0 fully saturated rings. The molecule has 0 aliphatic heterocycles.